The third-order valence-corrected chi connectivity index (χ3v) is 5.78. The average Bonchev–Trinajstić information content (AvgIpc) is 2.81. The van der Waals surface area contributed by atoms with E-state index in [9.17, 15) is 9.59 Å². The molecule has 6 nitrogen and oxygen atoms in total. The van der Waals surface area contributed by atoms with Gasteiger partial charge < -0.3 is 15.1 Å². The quantitative estimate of drug-likeness (QED) is 0.695. The first-order valence-corrected chi connectivity index (χ1v) is 10.8. The summed E-state index contributed by atoms with van der Waals surface area (Å²) in [5, 5.41) is 4.12. The Kier molecular flexibility index (Phi) is 6.46. The van der Waals surface area contributed by atoms with Crippen LogP contribution >= 0.6 is 0 Å². The maximum Gasteiger partial charge on any atom is 0.317 e. The van der Waals surface area contributed by atoms with Crippen molar-refractivity contribution >= 4 is 22.8 Å². The Labute approximate surface area is 182 Å². The lowest BCUT2D eigenvalue weighted by Crippen LogP contribution is -2.53. The van der Waals surface area contributed by atoms with Gasteiger partial charge in [-0.1, -0.05) is 54.1 Å². The Morgan fingerprint density at radius 1 is 0.935 bits per heavy atom. The van der Waals surface area contributed by atoms with Crippen molar-refractivity contribution in [2.45, 2.75) is 19.8 Å². The second-order valence-corrected chi connectivity index (χ2v) is 8.00. The van der Waals surface area contributed by atoms with E-state index in [-0.39, 0.29) is 11.9 Å². The van der Waals surface area contributed by atoms with Crippen LogP contribution in [0, 0.1) is 6.92 Å². The van der Waals surface area contributed by atoms with Gasteiger partial charge in [0.25, 0.3) is 0 Å². The highest BCUT2D eigenvalue weighted by Gasteiger charge is 2.24. The molecule has 6 heteroatoms. The molecule has 0 spiro atoms. The molecule has 4 rings (SSSR count). The Bertz CT molecular complexity index is 1050. The van der Waals surface area contributed by atoms with Crippen LogP contribution in [0.2, 0.25) is 0 Å². The summed E-state index contributed by atoms with van der Waals surface area (Å²) in [7, 11) is 0. The molecule has 1 N–H and O–H groups in total. The summed E-state index contributed by atoms with van der Waals surface area (Å²) in [6, 6.07) is 18.1. The van der Waals surface area contributed by atoms with Crippen molar-refractivity contribution in [2.75, 3.05) is 32.7 Å². The van der Waals surface area contributed by atoms with E-state index in [0.29, 0.717) is 39.1 Å². The number of hydrogen-bond donors (Lipinski definition) is 1. The number of pyridine rings is 1. The summed E-state index contributed by atoms with van der Waals surface area (Å²) in [6.45, 7) is 4.86. The minimum absolute atomic E-state index is 0.0705. The van der Waals surface area contributed by atoms with Crippen LogP contribution in [-0.4, -0.2) is 59.4 Å². The fourth-order valence-electron chi connectivity index (χ4n) is 3.94. The van der Waals surface area contributed by atoms with Gasteiger partial charge in [-0.3, -0.25) is 9.78 Å². The highest BCUT2D eigenvalue weighted by Crippen LogP contribution is 2.16. The number of amides is 3. The molecule has 0 bridgehead atoms. The van der Waals surface area contributed by atoms with Gasteiger partial charge in [-0.25, -0.2) is 4.79 Å². The van der Waals surface area contributed by atoms with Gasteiger partial charge in [0.15, 0.2) is 0 Å². The monoisotopic (exact) mass is 416 g/mol. The van der Waals surface area contributed by atoms with E-state index in [1.54, 1.807) is 11.1 Å². The van der Waals surface area contributed by atoms with Gasteiger partial charge in [0.2, 0.25) is 5.91 Å². The lowest BCUT2D eigenvalue weighted by atomic mass is 10.1. The van der Waals surface area contributed by atoms with E-state index in [1.165, 1.54) is 5.56 Å². The second-order valence-electron chi connectivity index (χ2n) is 8.00. The number of hydrogen-bond acceptors (Lipinski definition) is 3. The molecule has 2 aromatic carbocycles. The largest absolute Gasteiger partial charge is 0.339 e. The minimum Gasteiger partial charge on any atom is -0.339 e. The van der Waals surface area contributed by atoms with Gasteiger partial charge in [0.1, 0.15) is 0 Å². The molecule has 3 aromatic rings. The van der Waals surface area contributed by atoms with E-state index in [4.69, 9.17) is 0 Å². The van der Waals surface area contributed by atoms with E-state index in [2.05, 4.69) is 16.4 Å². The third kappa shape index (κ3) is 5.20. The summed E-state index contributed by atoms with van der Waals surface area (Å²) >= 11 is 0. The number of aromatic nitrogens is 1. The molecule has 0 radical (unpaired) electrons. The summed E-state index contributed by atoms with van der Waals surface area (Å²) < 4.78 is 0. The fraction of sp³-hybridized carbons (Fsp3) is 0.320. The normalized spacial score (nSPS) is 14.0. The van der Waals surface area contributed by atoms with E-state index in [0.717, 1.165) is 28.5 Å². The summed E-state index contributed by atoms with van der Waals surface area (Å²) in [5.74, 6) is 0.118. The second kappa shape index (κ2) is 9.60. The molecule has 1 saturated heterocycles. The summed E-state index contributed by atoms with van der Waals surface area (Å²) in [6.07, 6.45) is 2.94. The van der Waals surface area contributed by atoms with Crippen molar-refractivity contribution in [3.63, 3.8) is 0 Å². The molecule has 31 heavy (non-hydrogen) atoms. The molecule has 0 aliphatic carbocycles. The van der Waals surface area contributed by atoms with Crippen molar-refractivity contribution in [1.29, 1.82) is 0 Å². The van der Waals surface area contributed by atoms with Crippen LogP contribution in [0.1, 0.15) is 16.7 Å². The first kappa shape index (κ1) is 20.8. The lowest BCUT2D eigenvalue weighted by molar-refractivity contribution is -0.131. The van der Waals surface area contributed by atoms with Crippen LogP contribution in [0.3, 0.4) is 0 Å². The predicted octanol–water partition coefficient (Wildman–Crippen LogP) is 3.18. The standard InChI is InChI=1S/C25H28N4O2/c1-19-7-9-20(10-8-19)18-23(30)28-14-16-29(17-15-28)25(31)27-13-11-22-5-2-4-21-6-3-12-26-24(21)22/h2-10,12H,11,13-18H2,1H3,(H,27,31). The van der Waals surface area contributed by atoms with Gasteiger partial charge in [0.05, 0.1) is 11.9 Å². The lowest BCUT2D eigenvalue weighted by Gasteiger charge is -2.34. The highest BCUT2D eigenvalue weighted by atomic mass is 16.2. The van der Waals surface area contributed by atoms with Crippen molar-refractivity contribution in [1.82, 2.24) is 20.1 Å². The van der Waals surface area contributed by atoms with Crippen LogP contribution in [0.5, 0.6) is 0 Å². The number of benzene rings is 2. The van der Waals surface area contributed by atoms with Crippen molar-refractivity contribution in [3.05, 3.63) is 77.5 Å². The molecule has 2 heterocycles. The molecular formula is C25H28N4O2. The number of rotatable bonds is 5. The fourth-order valence-corrected chi connectivity index (χ4v) is 3.94. The molecule has 1 aromatic heterocycles. The highest BCUT2D eigenvalue weighted by molar-refractivity contribution is 5.82. The van der Waals surface area contributed by atoms with E-state index < -0.39 is 0 Å². The topological polar surface area (TPSA) is 65.5 Å². The number of urea groups is 1. The minimum atomic E-state index is -0.0705. The van der Waals surface area contributed by atoms with Crippen LogP contribution in [0.15, 0.2) is 60.8 Å². The van der Waals surface area contributed by atoms with E-state index in [1.807, 2.05) is 60.4 Å². The van der Waals surface area contributed by atoms with Crippen LogP contribution < -0.4 is 5.32 Å². The molecule has 1 aliphatic heterocycles. The summed E-state index contributed by atoms with van der Waals surface area (Å²) in [5.41, 5.74) is 4.33. The van der Waals surface area contributed by atoms with Gasteiger partial charge in [-0.2, -0.15) is 0 Å². The molecular weight excluding hydrogens is 388 g/mol. The van der Waals surface area contributed by atoms with Gasteiger partial charge in [0, 0.05) is 44.3 Å². The molecule has 160 valence electrons. The Hall–Kier alpha value is -3.41. The van der Waals surface area contributed by atoms with Gasteiger partial charge in [-0.05, 0) is 30.5 Å². The number of piperazine rings is 1. The zero-order valence-electron chi connectivity index (χ0n) is 17.9. The molecule has 1 aliphatic rings. The number of fused-ring (bicyclic) bond motifs is 1. The molecule has 1 fully saturated rings. The zero-order chi connectivity index (χ0) is 21.6. The van der Waals surface area contributed by atoms with Crippen LogP contribution in [0.25, 0.3) is 10.9 Å². The zero-order valence-corrected chi connectivity index (χ0v) is 17.9. The van der Waals surface area contributed by atoms with Crippen molar-refractivity contribution < 1.29 is 9.59 Å². The average molecular weight is 417 g/mol. The number of carbonyl (C=O) groups is 2. The number of aryl methyl sites for hydroxylation is 1. The summed E-state index contributed by atoms with van der Waals surface area (Å²) in [4.78, 5) is 33.2. The maximum absolute atomic E-state index is 12.6. The van der Waals surface area contributed by atoms with Crippen molar-refractivity contribution in [3.8, 4) is 0 Å². The number of carbonyl (C=O) groups excluding carboxylic acids is 2. The Morgan fingerprint density at radius 3 is 2.42 bits per heavy atom. The Balaban J connectivity index is 1.23. The van der Waals surface area contributed by atoms with E-state index >= 15 is 0 Å². The van der Waals surface area contributed by atoms with Crippen LogP contribution in [-0.2, 0) is 17.6 Å². The smallest absolute Gasteiger partial charge is 0.317 e. The third-order valence-electron chi connectivity index (χ3n) is 5.78. The number of para-hydroxylation sites is 1. The van der Waals surface area contributed by atoms with Crippen LogP contribution in [0.4, 0.5) is 4.79 Å². The first-order chi connectivity index (χ1) is 15.1. The molecule has 0 atom stereocenters. The SMILES string of the molecule is Cc1ccc(CC(=O)N2CCN(C(=O)NCCc3cccc4cccnc34)CC2)cc1. The molecule has 3 amide bonds. The van der Waals surface area contributed by atoms with Gasteiger partial charge >= 0.3 is 6.03 Å². The maximum atomic E-state index is 12.6. The first-order valence-electron chi connectivity index (χ1n) is 10.8. The predicted molar refractivity (Wildman–Crippen MR) is 122 cm³/mol. The van der Waals surface area contributed by atoms with Crippen molar-refractivity contribution in [2.24, 2.45) is 0 Å². The molecule has 0 saturated carbocycles. The number of nitrogens with one attached hydrogen (secondary N) is 1. The Morgan fingerprint density at radius 2 is 1.65 bits per heavy atom. The molecule has 0 unspecified atom stereocenters. The number of nitrogens with zero attached hydrogens (tertiary/aromatic N) is 3. The van der Waals surface area contributed by atoms with Gasteiger partial charge in [-0.15, -0.1) is 0 Å².